The molecule has 116 valence electrons. The summed E-state index contributed by atoms with van der Waals surface area (Å²) in [5.41, 5.74) is 4.03. The van der Waals surface area contributed by atoms with Crippen LogP contribution in [0.15, 0.2) is 72.8 Å². The van der Waals surface area contributed by atoms with Gasteiger partial charge in [0.2, 0.25) is 0 Å². The maximum Gasteiger partial charge on any atom is 0.119 e. The fourth-order valence-corrected chi connectivity index (χ4v) is 2.82. The zero-order valence-electron chi connectivity index (χ0n) is 13.3. The third kappa shape index (κ3) is 3.07. The summed E-state index contributed by atoms with van der Waals surface area (Å²) in [5.74, 6) is 0.501. The molecule has 2 N–H and O–H groups in total. The van der Waals surface area contributed by atoms with Crippen LogP contribution in [0.2, 0.25) is 0 Å². The minimum absolute atomic E-state index is 0.251. The Morgan fingerprint density at radius 2 is 1.04 bits per heavy atom. The summed E-state index contributed by atoms with van der Waals surface area (Å²) in [7, 11) is 0. The lowest BCUT2D eigenvalue weighted by Crippen LogP contribution is -2.19. The van der Waals surface area contributed by atoms with Gasteiger partial charge in [0, 0.05) is 16.5 Å². The number of aromatic hydroxyl groups is 2. The average molecular weight is 304 g/mol. The van der Waals surface area contributed by atoms with Gasteiger partial charge in [0.05, 0.1) is 0 Å². The molecule has 4 rings (SSSR count). The molecule has 2 aliphatic rings. The molecule has 0 heterocycles. The van der Waals surface area contributed by atoms with Gasteiger partial charge < -0.3 is 10.2 Å². The second-order valence-electron chi connectivity index (χ2n) is 6.24. The predicted molar refractivity (Wildman–Crippen MR) is 93.8 cm³/mol. The van der Waals surface area contributed by atoms with Gasteiger partial charge in [-0.15, -0.1) is 0 Å². The lowest BCUT2D eigenvalue weighted by molar-refractivity contribution is 0.435. The van der Waals surface area contributed by atoms with Crippen molar-refractivity contribution in [2.45, 2.75) is 19.3 Å². The van der Waals surface area contributed by atoms with Gasteiger partial charge in [0.15, 0.2) is 0 Å². The molecular weight excluding hydrogens is 284 g/mol. The summed E-state index contributed by atoms with van der Waals surface area (Å²) in [4.78, 5) is 0. The molecule has 2 aromatic rings. The number of hydrogen-bond donors (Lipinski definition) is 2. The van der Waals surface area contributed by atoms with Crippen LogP contribution in [0, 0.1) is 0 Å². The summed E-state index contributed by atoms with van der Waals surface area (Å²) < 4.78 is 0. The van der Waals surface area contributed by atoms with E-state index < -0.39 is 5.41 Å². The maximum absolute atomic E-state index is 9.92. The highest BCUT2D eigenvalue weighted by Gasteiger charge is 2.28. The summed E-state index contributed by atoms with van der Waals surface area (Å²) in [6.07, 6.45) is 0. The van der Waals surface area contributed by atoms with Crippen molar-refractivity contribution in [2.75, 3.05) is 0 Å². The van der Waals surface area contributed by atoms with Crippen LogP contribution in [-0.4, -0.2) is 10.2 Å². The van der Waals surface area contributed by atoms with Gasteiger partial charge in [-0.05, 0) is 29.3 Å². The number of fused-ring (bicyclic) bond motifs is 1. The predicted octanol–water partition coefficient (Wildman–Crippen LogP) is 5.09. The van der Waals surface area contributed by atoms with Gasteiger partial charge in [-0.3, -0.25) is 0 Å². The highest BCUT2D eigenvalue weighted by molar-refractivity contribution is 5.80. The molecule has 0 bridgehead atoms. The van der Waals surface area contributed by atoms with Crippen LogP contribution >= 0.6 is 0 Å². The quantitative estimate of drug-likeness (QED) is 0.541. The lowest BCUT2D eigenvalue weighted by Gasteiger charge is -2.27. The lowest BCUT2D eigenvalue weighted by atomic mass is 9.77. The van der Waals surface area contributed by atoms with Crippen molar-refractivity contribution in [3.63, 3.8) is 0 Å². The minimum atomic E-state index is -0.434. The van der Waals surface area contributed by atoms with Crippen molar-refractivity contribution in [1.82, 2.24) is 0 Å². The largest absolute Gasteiger partial charge is 0.508 e. The first-order valence-corrected chi connectivity index (χ1v) is 7.67. The smallest absolute Gasteiger partial charge is 0.119 e. The van der Waals surface area contributed by atoms with Gasteiger partial charge in [0.25, 0.3) is 0 Å². The molecule has 0 aromatic heterocycles. The van der Waals surface area contributed by atoms with Gasteiger partial charge in [-0.1, -0.05) is 68.4 Å². The fourth-order valence-electron chi connectivity index (χ4n) is 2.82. The summed E-state index contributed by atoms with van der Waals surface area (Å²) >= 11 is 0. The van der Waals surface area contributed by atoms with Gasteiger partial charge in [0.1, 0.15) is 11.5 Å². The molecule has 0 atom stereocenters. The van der Waals surface area contributed by atoms with Crippen LogP contribution in [0.5, 0.6) is 11.5 Å². The minimum Gasteiger partial charge on any atom is -0.508 e. The van der Waals surface area contributed by atoms with E-state index >= 15 is 0 Å². The van der Waals surface area contributed by atoms with Gasteiger partial charge >= 0.3 is 0 Å². The van der Waals surface area contributed by atoms with Crippen LogP contribution < -0.4 is 0 Å². The standard InChI is InChI=1S/C15H16O2.C6H4/c1-15(2,11-7-3-5-9-13(11)16)12-8-4-6-10-14(12)17;1-2-5-4-6(5)3-1/h3-10,16-17H,1-2H3;1-4H. The van der Waals surface area contributed by atoms with E-state index in [9.17, 15) is 10.2 Å². The van der Waals surface area contributed by atoms with Gasteiger partial charge in [-0.2, -0.15) is 0 Å². The zero-order valence-corrected chi connectivity index (χ0v) is 13.3. The van der Waals surface area contributed by atoms with Gasteiger partial charge in [-0.25, -0.2) is 0 Å². The molecule has 2 aliphatic carbocycles. The van der Waals surface area contributed by atoms with Crippen LogP contribution in [0.3, 0.4) is 0 Å². The molecule has 0 aliphatic heterocycles. The number of para-hydroxylation sites is 2. The molecule has 0 unspecified atom stereocenters. The third-order valence-corrected chi connectivity index (χ3v) is 4.27. The van der Waals surface area contributed by atoms with Crippen molar-refractivity contribution in [1.29, 1.82) is 0 Å². The Labute approximate surface area is 136 Å². The fraction of sp³-hybridized carbons (Fsp3) is 0.143. The molecule has 0 spiro atoms. The summed E-state index contributed by atoms with van der Waals surface area (Å²) in [5, 5.41) is 19.8. The van der Waals surface area contributed by atoms with E-state index in [4.69, 9.17) is 0 Å². The highest BCUT2D eigenvalue weighted by Crippen LogP contribution is 2.40. The first kappa shape index (κ1) is 15.2. The molecule has 0 saturated carbocycles. The first-order chi connectivity index (χ1) is 11.0. The summed E-state index contributed by atoms with van der Waals surface area (Å²) in [6, 6.07) is 22.9. The second kappa shape index (κ2) is 5.81. The van der Waals surface area contributed by atoms with E-state index in [2.05, 4.69) is 24.3 Å². The SMILES string of the molecule is CC(C)(c1ccccc1O)c1ccccc1O.c1cc2cc-2c1. The van der Waals surface area contributed by atoms with E-state index in [0.717, 1.165) is 11.1 Å². The van der Waals surface area contributed by atoms with Crippen molar-refractivity contribution in [2.24, 2.45) is 0 Å². The Kier molecular flexibility index (Phi) is 3.83. The molecule has 0 fully saturated rings. The van der Waals surface area contributed by atoms with E-state index in [1.807, 2.05) is 38.1 Å². The van der Waals surface area contributed by atoms with E-state index in [1.54, 1.807) is 24.3 Å². The number of benzene rings is 3. The second-order valence-corrected chi connectivity index (χ2v) is 6.24. The van der Waals surface area contributed by atoms with Crippen LogP contribution in [0.1, 0.15) is 25.0 Å². The van der Waals surface area contributed by atoms with Crippen LogP contribution in [0.4, 0.5) is 0 Å². The molecule has 2 nitrogen and oxygen atoms in total. The normalized spacial score (nSPS) is 11.4. The Hall–Kier alpha value is -2.74. The van der Waals surface area contributed by atoms with Crippen molar-refractivity contribution >= 4 is 0 Å². The Balaban J connectivity index is 0.000000213. The summed E-state index contributed by atoms with van der Waals surface area (Å²) in [6.45, 7) is 3.97. The Bertz CT molecular complexity index is 770. The van der Waals surface area contributed by atoms with Crippen molar-refractivity contribution in [3.8, 4) is 22.6 Å². The van der Waals surface area contributed by atoms with E-state index in [-0.39, 0.29) is 11.5 Å². The zero-order chi connectivity index (χ0) is 16.4. The number of phenolic OH excluding ortho intramolecular Hbond substituents is 2. The van der Waals surface area contributed by atoms with Crippen LogP contribution in [-0.2, 0) is 5.41 Å². The first-order valence-electron chi connectivity index (χ1n) is 7.67. The molecule has 0 radical (unpaired) electrons. The molecule has 2 aromatic carbocycles. The molecule has 2 heteroatoms. The average Bonchev–Trinajstić information content (AvgIpc) is 3.14. The Morgan fingerprint density at radius 3 is 1.35 bits per heavy atom. The molecule has 23 heavy (non-hydrogen) atoms. The number of hydrogen-bond acceptors (Lipinski definition) is 2. The Morgan fingerprint density at radius 1 is 0.609 bits per heavy atom. The van der Waals surface area contributed by atoms with Crippen molar-refractivity contribution < 1.29 is 10.2 Å². The maximum atomic E-state index is 9.92. The van der Waals surface area contributed by atoms with Crippen LogP contribution in [0.25, 0.3) is 11.1 Å². The third-order valence-electron chi connectivity index (χ3n) is 4.27. The highest BCUT2D eigenvalue weighted by atomic mass is 16.3. The molecular formula is C21H20O2. The van der Waals surface area contributed by atoms with E-state index in [0.29, 0.717) is 0 Å². The van der Waals surface area contributed by atoms with E-state index in [1.165, 1.54) is 11.1 Å². The monoisotopic (exact) mass is 304 g/mol. The van der Waals surface area contributed by atoms with Crippen molar-refractivity contribution in [3.05, 3.63) is 83.9 Å². The number of phenols is 2. The molecule has 0 amide bonds. The number of rotatable bonds is 2. The molecule has 0 saturated heterocycles. The topological polar surface area (TPSA) is 40.5 Å².